The van der Waals surface area contributed by atoms with Crippen LogP contribution in [0.5, 0.6) is 0 Å². The van der Waals surface area contributed by atoms with E-state index in [1.807, 2.05) is 6.07 Å². The Kier molecular flexibility index (Phi) is 5.25. The van der Waals surface area contributed by atoms with Gasteiger partial charge in [-0.05, 0) is 12.1 Å². The smallest absolute Gasteiger partial charge is 0.132 e. The van der Waals surface area contributed by atoms with E-state index in [-0.39, 0.29) is 0 Å². The monoisotopic (exact) mass is 186 g/mol. The van der Waals surface area contributed by atoms with Crippen LogP contribution in [-0.4, -0.2) is 31.7 Å². The summed E-state index contributed by atoms with van der Waals surface area (Å²) in [5.41, 5.74) is 1.34. The number of rotatable bonds is 1. The average molecular weight is 186 g/mol. The van der Waals surface area contributed by atoms with Crippen LogP contribution in [0.1, 0.15) is 0 Å². The second kappa shape index (κ2) is 5.66. The molecule has 1 aromatic rings. The van der Waals surface area contributed by atoms with E-state index in [4.69, 9.17) is 10.5 Å². The Morgan fingerprint density at radius 1 is 1.00 bits per heavy atom. The second-order valence-corrected chi connectivity index (χ2v) is 3.43. The van der Waals surface area contributed by atoms with Crippen molar-refractivity contribution in [2.24, 2.45) is 0 Å². The molecule has 0 aliphatic heterocycles. The first-order chi connectivity index (χ1) is 6.02. The zero-order valence-corrected chi connectivity index (χ0v) is 8.14. The Labute approximate surface area is 78.1 Å². The van der Waals surface area contributed by atoms with E-state index in [0.29, 0.717) is 0 Å². The number of quaternary nitrogens is 1. The van der Waals surface area contributed by atoms with Crippen molar-refractivity contribution in [2.45, 2.75) is 0 Å². The first-order valence-electron chi connectivity index (χ1n) is 3.84. The first kappa shape index (κ1) is 12.1. The molecule has 2 N–H and O–H groups in total. The van der Waals surface area contributed by atoms with E-state index in [2.05, 4.69) is 50.4 Å². The molecule has 0 aromatic heterocycles. The van der Waals surface area contributed by atoms with Gasteiger partial charge < -0.3 is 0 Å². The summed E-state index contributed by atoms with van der Waals surface area (Å²) in [5.74, 6) is 0. The van der Waals surface area contributed by atoms with Crippen LogP contribution in [-0.2, 0) is 5.04 Å². The summed E-state index contributed by atoms with van der Waals surface area (Å²) >= 11 is 0. The standard InChI is InChI=1S/C9H14N.H2O3/c1-10(2,3)9-7-5-4-6-8-9;1-3-2/h4-8H,1-3H3;1-2H/q+1;. The number of para-hydroxylation sites is 1. The molecule has 0 saturated heterocycles. The minimum Gasteiger partial charge on any atom is -0.298 e. The first-order valence-corrected chi connectivity index (χ1v) is 3.84. The van der Waals surface area contributed by atoms with E-state index >= 15 is 0 Å². The van der Waals surface area contributed by atoms with Crippen LogP contribution in [0.25, 0.3) is 0 Å². The van der Waals surface area contributed by atoms with E-state index in [1.165, 1.54) is 5.69 Å². The van der Waals surface area contributed by atoms with Crippen molar-refractivity contribution in [2.75, 3.05) is 21.1 Å². The Balaban J connectivity index is 0.000000424. The van der Waals surface area contributed by atoms with Gasteiger partial charge in [-0.25, -0.2) is 10.5 Å². The van der Waals surface area contributed by atoms with E-state index in [0.717, 1.165) is 4.48 Å². The summed E-state index contributed by atoms with van der Waals surface area (Å²) in [4.78, 5) is 0. The van der Waals surface area contributed by atoms with Gasteiger partial charge in [0.15, 0.2) is 0 Å². The normalized spacial score (nSPS) is 10.2. The highest BCUT2D eigenvalue weighted by molar-refractivity contribution is 5.40. The van der Waals surface area contributed by atoms with Gasteiger partial charge in [-0.2, -0.15) is 0 Å². The Morgan fingerprint density at radius 3 is 1.62 bits per heavy atom. The third kappa shape index (κ3) is 5.32. The van der Waals surface area contributed by atoms with Gasteiger partial charge in [0.25, 0.3) is 0 Å². The summed E-state index contributed by atoms with van der Waals surface area (Å²) < 4.78 is 0.890. The van der Waals surface area contributed by atoms with Gasteiger partial charge in [-0.15, -0.1) is 0 Å². The molecule has 0 unspecified atom stereocenters. The van der Waals surface area contributed by atoms with Crippen LogP contribution >= 0.6 is 0 Å². The molecule has 0 spiro atoms. The molecule has 0 saturated carbocycles. The summed E-state index contributed by atoms with van der Waals surface area (Å²) in [5, 5.41) is 15.5. The number of benzene rings is 1. The summed E-state index contributed by atoms with van der Waals surface area (Å²) in [6, 6.07) is 10.5. The van der Waals surface area contributed by atoms with E-state index in [9.17, 15) is 0 Å². The quantitative estimate of drug-likeness (QED) is 0.399. The number of hydrogen-bond acceptors (Lipinski definition) is 3. The van der Waals surface area contributed by atoms with E-state index in [1.54, 1.807) is 0 Å². The van der Waals surface area contributed by atoms with Gasteiger partial charge in [0, 0.05) is 0 Å². The minimum absolute atomic E-state index is 0.890. The number of hydrogen-bond donors (Lipinski definition) is 2. The Morgan fingerprint density at radius 2 is 1.38 bits per heavy atom. The lowest BCUT2D eigenvalue weighted by Crippen LogP contribution is -2.34. The van der Waals surface area contributed by atoms with Crippen molar-refractivity contribution >= 4 is 5.69 Å². The maximum atomic E-state index is 6.62. The van der Waals surface area contributed by atoms with Crippen LogP contribution < -0.4 is 4.48 Å². The predicted octanol–water partition coefficient (Wildman–Crippen LogP) is 1.83. The van der Waals surface area contributed by atoms with Crippen molar-refractivity contribution in [3.63, 3.8) is 0 Å². The lowest BCUT2D eigenvalue weighted by molar-refractivity contribution is -0.465. The fraction of sp³-hybridized carbons (Fsp3) is 0.333. The zero-order valence-electron chi connectivity index (χ0n) is 8.14. The van der Waals surface area contributed by atoms with Gasteiger partial charge >= 0.3 is 0 Å². The third-order valence-corrected chi connectivity index (χ3v) is 1.53. The molecule has 4 nitrogen and oxygen atoms in total. The van der Waals surface area contributed by atoms with Crippen LogP contribution in [0.4, 0.5) is 5.69 Å². The molecule has 0 aliphatic carbocycles. The van der Waals surface area contributed by atoms with Crippen molar-refractivity contribution in [3.05, 3.63) is 30.3 Å². The minimum atomic E-state index is 0.890. The molecule has 1 rings (SSSR count). The summed E-state index contributed by atoms with van der Waals surface area (Å²) in [7, 11) is 6.49. The van der Waals surface area contributed by atoms with Gasteiger partial charge in [0.05, 0.1) is 21.1 Å². The molecule has 0 aliphatic rings. The molecule has 0 amide bonds. The number of nitrogens with zero attached hydrogens (tertiary/aromatic N) is 1. The van der Waals surface area contributed by atoms with Crippen LogP contribution in [0.2, 0.25) is 0 Å². The van der Waals surface area contributed by atoms with E-state index < -0.39 is 0 Å². The molecule has 13 heavy (non-hydrogen) atoms. The lowest BCUT2D eigenvalue weighted by Gasteiger charge is -2.22. The van der Waals surface area contributed by atoms with Gasteiger partial charge in [-0.3, -0.25) is 4.48 Å². The molecule has 74 valence electrons. The van der Waals surface area contributed by atoms with Crippen molar-refractivity contribution in [3.8, 4) is 0 Å². The lowest BCUT2D eigenvalue weighted by atomic mass is 10.3. The Bertz CT molecular complexity index is 218. The maximum absolute atomic E-state index is 6.62. The van der Waals surface area contributed by atoms with Crippen molar-refractivity contribution < 1.29 is 15.6 Å². The molecule has 0 bridgehead atoms. The van der Waals surface area contributed by atoms with Gasteiger partial charge in [0.2, 0.25) is 0 Å². The molecule has 0 radical (unpaired) electrons. The van der Waals surface area contributed by atoms with Crippen molar-refractivity contribution in [1.82, 2.24) is 4.48 Å². The SMILES string of the molecule is C[N+](C)(C)c1ccccc1.OOO. The highest BCUT2D eigenvalue weighted by Crippen LogP contribution is 2.14. The highest BCUT2D eigenvalue weighted by Gasteiger charge is 2.08. The summed E-state index contributed by atoms with van der Waals surface area (Å²) in [6.07, 6.45) is 0. The molecule has 1 aromatic carbocycles. The average Bonchev–Trinajstić information content (AvgIpc) is 2.06. The third-order valence-electron chi connectivity index (χ3n) is 1.53. The molecular weight excluding hydrogens is 170 g/mol. The molecular formula is C9H16NO3+. The van der Waals surface area contributed by atoms with Crippen LogP contribution in [0.15, 0.2) is 30.3 Å². The van der Waals surface area contributed by atoms with Crippen LogP contribution in [0, 0.1) is 0 Å². The molecule has 0 atom stereocenters. The Hall–Kier alpha value is -0.940. The van der Waals surface area contributed by atoms with Gasteiger partial charge in [-0.1, -0.05) is 23.2 Å². The highest BCUT2D eigenvalue weighted by atomic mass is 17.4. The van der Waals surface area contributed by atoms with Crippen LogP contribution in [0.3, 0.4) is 0 Å². The van der Waals surface area contributed by atoms with Crippen molar-refractivity contribution in [1.29, 1.82) is 0 Å². The maximum Gasteiger partial charge on any atom is 0.132 e. The fourth-order valence-corrected chi connectivity index (χ4v) is 0.875. The predicted molar refractivity (Wildman–Crippen MR) is 52.4 cm³/mol. The topological polar surface area (TPSA) is 49.7 Å². The molecule has 4 heteroatoms. The molecule has 0 fully saturated rings. The largest absolute Gasteiger partial charge is 0.298 e. The second-order valence-electron chi connectivity index (χ2n) is 3.43. The fourth-order valence-electron chi connectivity index (χ4n) is 0.875. The molecule has 0 heterocycles. The van der Waals surface area contributed by atoms with Gasteiger partial charge in [0.1, 0.15) is 5.69 Å². The summed E-state index contributed by atoms with van der Waals surface area (Å²) in [6.45, 7) is 0. The zero-order chi connectivity index (χ0) is 10.3.